The maximum atomic E-state index is 12.7. The summed E-state index contributed by atoms with van der Waals surface area (Å²) in [6, 6.07) is 14.5. The van der Waals surface area contributed by atoms with Crippen molar-refractivity contribution in [3.8, 4) is 0 Å². The van der Waals surface area contributed by atoms with Crippen molar-refractivity contribution in [2.24, 2.45) is 5.73 Å². The largest absolute Gasteiger partial charge is 0.488 e. The fourth-order valence-corrected chi connectivity index (χ4v) is 2.96. The Morgan fingerprint density at radius 1 is 1.12 bits per heavy atom. The molecule has 0 saturated heterocycles. The first-order chi connectivity index (χ1) is 12.1. The summed E-state index contributed by atoms with van der Waals surface area (Å²) < 4.78 is 0. The summed E-state index contributed by atoms with van der Waals surface area (Å²) in [4.78, 5) is 16.8. The lowest BCUT2D eigenvalue weighted by molar-refractivity contribution is -0.119. The second kappa shape index (κ2) is 7.57. The van der Waals surface area contributed by atoms with Crippen LogP contribution in [0.5, 0.6) is 0 Å². The number of rotatable bonds is 6. The van der Waals surface area contributed by atoms with Crippen molar-refractivity contribution in [3.63, 3.8) is 0 Å². The molecule has 0 aliphatic heterocycles. The number of fused-ring (bicyclic) bond motifs is 1. The number of carbonyl (C=O) groups is 1. The molecule has 6 heteroatoms. The van der Waals surface area contributed by atoms with E-state index in [-0.39, 0.29) is 18.7 Å². The Morgan fingerprint density at radius 3 is 2.72 bits per heavy atom. The summed E-state index contributed by atoms with van der Waals surface area (Å²) in [6.45, 7) is 0.168. The first kappa shape index (κ1) is 17.3. The van der Waals surface area contributed by atoms with E-state index in [4.69, 9.17) is 5.73 Å². The number of aromatic nitrogens is 1. The zero-order chi connectivity index (χ0) is 17.8. The van der Waals surface area contributed by atoms with Gasteiger partial charge in [-0.3, -0.25) is 9.78 Å². The molecule has 4 N–H and O–H groups in total. The van der Waals surface area contributed by atoms with Crippen LogP contribution in [-0.4, -0.2) is 34.5 Å². The lowest BCUT2D eigenvalue weighted by Crippen LogP contribution is -2.31. The lowest BCUT2D eigenvalue weighted by Gasteiger charge is -2.15. The highest BCUT2D eigenvalue weighted by Gasteiger charge is 2.21. The molecule has 0 aliphatic rings. The second-order valence-electron chi connectivity index (χ2n) is 6.03. The molecule has 0 radical (unpaired) electrons. The zero-order valence-corrected chi connectivity index (χ0v) is 13.7. The Morgan fingerprint density at radius 2 is 1.96 bits per heavy atom. The van der Waals surface area contributed by atoms with Crippen LogP contribution in [0.4, 0.5) is 0 Å². The average Bonchev–Trinajstić information content (AvgIpc) is 2.62. The molecule has 2 aromatic carbocycles. The van der Waals surface area contributed by atoms with Gasteiger partial charge in [-0.05, 0) is 28.0 Å². The monoisotopic (exact) mass is 334 g/mol. The standard InChI is InChI=1S/C19H19BN2O3/c21-11-18(15-2-1-3-17(10-15)20(24)25)19(23)9-13-4-5-16-12-22-7-6-14(16)8-13/h1-8,10,12,18,24-25H,9,11,21H2/t18-/m1/s1. The van der Waals surface area contributed by atoms with Gasteiger partial charge < -0.3 is 15.8 Å². The van der Waals surface area contributed by atoms with Gasteiger partial charge in [0.1, 0.15) is 5.78 Å². The van der Waals surface area contributed by atoms with Gasteiger partial charge in [0.2, 0.25) is 0 Å². The normalized spacial score (nSPS) is 12.1. The number of pyridine rings is 1. The van der Waals surface area contributed by atoms with E-state index in [0.717, 1.165) is 16.3 Å². The van der Waals surface area contributed by atoms with E-state index in [0.29, 0.717) is 11.0 Å². The molecule has 0 amide bonds. The summed E-state index contributed by atoms with van der Waals surface area (Å²) >= 11 is 0. The van der Waals surface area contributed by atoms with Gasteiger partial charge >= 0.3 is 7.12 Å². The van der Waals surface area contributed by atoms with Crippen molar-refractivity contribution in [1.82, 2.24) is 4.98 Å². The zero-order valence-electron chi connectivity index (χ0n) is 13.7. The number of nitrogens with zero attached hydrogens (tertiary/aromatic N) is 1. The van der Waals surface area contributed by atoms with Crippen LogP contribution in [0.25, 0.3) is 10.8 Å². The fraction of sp³-hybridized carbons (Fsp3) is 0.158. The molecular weight excluding hydrogens is 315 g/mol. The third-order valence-corrected chi connectivity index (χ3v) is 4.32. The van der Waals surface area contributed by atoms with Crippen LogP contribution in [0, 0.1) is 0 Å². The highest BCUT2D eigenvalue weighted by atomic mass is 16.4. The molecule has 1 atom stereocenters. The van der Waals surface area contributed by atoms with Crippen molar-refractivity contribution in [2.75, 3.05) is 6.54 Å². The van der Waals surface area contributed by atoms with E-state index in [1.165, 1.54) is 0 Å². The quantitative estimate of drug-likeness (QED) is 0.579. The Kier molecular flexibility index (Phi) is 5.24. The van der Waals surface area contributed by atoms with Gasteiger partial charge in [-0.1, -0.05) is 42.5 Å². The predicted octanol–water partition coefficient (Wildman–Crippen LogP) is 0.769. The van der Waals surface area contributed by atoms with Crippen molar-refractivity contribution >= 4 is 29.1 Å². The molecule has 3 aromatic rings. The second-order valence-corrected chi connectivity index (χ2v) is 6.03. The van der Waals surface area contributed by atoms with Gasteiger partial charge in [0.15, 0.2) is 0 Å². The van der Waals surface area contributed by atoms with Gasteiger partial charge in [-0.15, -0.1) is 0 Å². The molecule has 0 saturated carbocycles. The Balaban J connectivity index is 1.83. The predicted molar refractivity (Wildman–Crippen MR) is 98.5 cm³/mol. The van der Waals surface area contributed by atoms with Crippen LogP contribution >= 0.6 is 0 Å². The molecule has 0 bridgehead atoms. The first-order valence-electron chi connectivity index (χ1n) is 8.10. The molecule has 5 nitrogen and oxygen atoms in total. The number of ketones is 1. The number of hydrogen-bond donors (Lipinski definition) is 3. The molecule has 126 valence electrons. The minimum atomic E-state index is -1.57. The summed E-state index contributed by atoms with van der Waals surface area (Å²) in [5, 5.41) is 20.7. The highest BCUT2D eigenvalue weighted by Crippen LogP contribution is 2.20. The number of carbonyl (C=O) groups excluding carboxylic acids is 1. The van der Waals surface area contributed by atoms with E-state index in [1.54, 1.807) is 36.7 Å². The fourth-order valence-electron chi connectivity index (χ4n) is 2.96. The van der Waals surface area contributed by atoms with E-state index in [1.807, 2.05) is 24.3 Å². The molecule has 1 aromatic heterocycles. The first-order valence-corrected chi connectivity index (χ1v) is 8.10. The topological polar surface area (TPSA) is 96.4 Å². The average molecular weight is 334 g/mol. The lowest BCUT2D eigenvalue weighted by atomic mass is 9.78. The van der Waals surface area contributed by atoms with Crippen LogP contribution in [0.3, 0.4) is 0 Å². The SMILES string of the molecule is NC[C@@H](C(=O)Cc1ccc2cnccc2c1)c1cccc(B(O)O)c1. The molecule has 0 aliphatic carbocycles. The maximum Gasteiger partial charge on any atom is 0.488 e. The van der Waals surface area contributed by atoms with E-state index >= 15 is 0 Å². The molecule has 1 heterocycles. The third-order valence-electron chi connectivity index (χ3n) is 4.32. The van der Waals surface area contributed by atoms with Gasteiger partial charge in [0.25, 0.3) is 0 Å². The summed E-state index contributed by atoms with van der Waals surface area (Å²) in [7, 11) is -1.57. The summed E-state index contributed by atoms with van der Waals surface area (Å²) in [5.74, 6) is -0.479. The van der Waals surface area contributed by atoms with Crippen LogP contribution in [0.15, 0.2) is 60.9 Å². The van der Waals surface area contributed by atoms with Crippen LogP contribution in [-0.2, 0) is 11.2 Å². The van der Waals surface area contributed by atoms with Gasteiger partial charge in [-0.25, -0.2) is 0 Å². The van der Waals surface area contributed by atoms with Gasteiger partial charge in [0, 0.05) is 30.7 Å². The smallest absolute Gasteiger partial charge is 0.423 e. The highest BCUT2D eigenvalue weighted by molar-refractivity contribution is 6.58. The van der Waals surface area contributed by atoms with E-state index < -0.39 is 13.0 Å². The molecular formula is C19H19BN2O3. The van der Waals surface area contributed by atoms with E-state index in [9.17, 15) is 14.8 Å². The molecule has 3 rings (SSSR count). The minimum absolute atomic E-state index is 0.000450. The van der Waals surface area contributed by atoms with E-state index in [2.05, 4.69) is 4.98 Å². The molecule has 0 fully saturated rings. The maximum absolute atomic E-state index is 12.7. The van der Waals surface area contributed by atoms with Crippen LogP contribution in [0.1, 0.15) is 17.0 Å². The number of nitrogens with two attached hydrogens (primary N) is 1. The van der Waals surface area contributed by atoms with Crippen LogP contribution < -0.4 is 11.2 Å². The van der Waals surface area contributed by atoms with Crippen LogP contribution in [0.2, 0.25) is 0 Å². The van der Waals surface area contributed by atoms with Crippen molar-refractivity contribution in [3.05, 3.63) is 72.1 Å². The molecule has 25 heavy (non-hydrogen) atoms. The Bertz CT molecular complexity index is 898. The molecule has 0 spiro atoms. The third kappa shape index (κ3) is 3.93. The minimum Gasteiger partial charge on any atom is -0.423 e. The number of Topliss-reactive ketones (excluding diaryl/α,β-unsaturated/α-hetero) is 1. The molecule has 0 unspecified atom stereocenters. The van der Waals surface area contributed by atoms with Gasteiger partial charge in [-0.2, -0.15) is 0 Å². The summed E-state index contributed by atoms with van der Waals surface area (Å²) in [5.41, 5.74) is 7.79. The summed E-state index contributed by atoms with van der Waals surface area (Å²) in [6.07, 6.45) is 3.78. The Hall–Kier alpha value is -2.54. The van der Waals surface area contributed by atoms with Gasteiger partial charge in [0.05, 0.1) is 5.92 Å². The van der Waals surface area contributed by atoms with Crippen molar-refractivity contribution in [2.45, 2.75) is 12.3 Å². The van der Waals surface area contributed by atoms with Crippen molar-refractivity contribution < 1.29 is 14.8 Å². The van der Waals surface area contributed by atoms with Crippen molar-refractivity contribution in [1.29, 1.82) is 0 Å². The number of hydrogen-bond acceptors (Lipinski definition) is 5. The Labute approximate surface area is 146 Å². The number of benzene rings is 2.